The molecule has 1 fully saturated rings. The van der Waals surface area contributed by atoms with Crippen molar-refractivity contribution in [2.24, 2.45) is 0 Å². The smallest absolute Gasteiger partial charge is 0.126 e. The number of benzene rings is 1. The van der Waals surface area contributed by atoms with E-state index < -0.39 is 0 Å². The summed E-state index contributed by atoms with van der Waals surface area (Å²) >= 11 is 2.07. The fraction of sp³-hybridized carbons (Fsp3) is 0.562. The number of aromatic nitrogens is 2. The zero-order valence-corrected chi connectivity index (χ0v) is 13.1. The van der Waals surface area contributed by atoms with Gasteiger partial charge in [0.05, 0.1) is 17.1 Å². The number of hydrogen-bond acceptors (Lipinski definition) is 3. The van der Waals surface area contributed by atoms with E-state index in [-0.39, 0.29) is 0 Å². The standard InChI is InChI=1S/C16H23N3S/c1-3-19-15-7-5-4-6-14(15)18-16(19)12(2)17-13-8-10-20-11-9-13/h4-7,12-13,17H,3,8-11H2,1-2H3/t12-/m1/s1. The molecule has 1 atom stereocenters. The van der Waals surface area contributed by atoms with E-state index in [0.717, 1.165) is 12.1 Å². The Morgan fingerprint density at radius 1 is 1.35 bits per heavy atom. The molecule has 1 aliphatic heterocycles. The van der Waals surface area contributed by atoms with Crippen LogP contribution in [-0.2, 0) is 6.54 Å². The summed E-state index contributed by atoms with van der Waals surface area (Å²) in [4.78, 5) is 4.84. The first-order valence-corrected chi connectivity index (χ1v) is 8.74. The molecule has 1 aliphatic rings. The second-order valence-electron chi connectivity index (χ2n) is 5.48. The molecular formula is C16H23N3S. The van der Waals surface area contributed by atoms with Crippen LogP contribution in [0.5, 0.6) is 0 Å². The van der Waals surface area contributed by atoms with Gasteiger partial charge in [-0.05, 0) is 50.3 Å². The summed E-state index contributed by atoms with van der Waals surface area (Å²) in [5.74, 6) is 3.75. The van der Waals surface area contributed by atoms with Crippen molar-refractivity contribution in [3.05, 3.63) is 30.1 Å². The molecule has 0 spiro atoms. The van der Waals surface area contributed by atoms with E-state index in [0.29, 0.717) is 12.1 Å². The van der Waals surface area contributed by atoms with Crippen LogP contribution in [0.15, 0.2) is 24.3 Å². The summed E-state index contributed by atoms with van der Waals surface area (Å²) < 4.78 is 2.34. The van der Waals surface area contributed by atoms with E-state index in [4.69, 9.17) is 4.98 Å². The Kier molecular flexibility index (Phi) is 4.32. The van der Waals surface area contributed by atoms with Crippen molar-refractivity contribution >= 4 is 22.8 Å². The minimum absolute atomic E-state index is 0.315. The number of fused-ring (bicyclic) bond motifs is 1. The monoisotopic (exact) mass is 289 g/mol. The second kappa shape index (κ2) is 6.19. The minimum Gasteiger partial charge on any atom is -0.327 e. The molecule has 1 aromatic carbocycles. The summed E-state index contributed by atoms with van der Waals surface area (Å²) in [7, 11) is 0. The maximum Gasteiger partial charge on any atom is 0.126 e. The lowest BCUT2D eigenvalue weighted by Gasteiger charge is -2.26. The Hall–Kier alpha value is -1.00. The summed E-state index contributed by atoms with van der Waals surface area (Å²) in [6.45, 7) is 5.42. The van der Waals surface area contributed by atoms with Crippen molar-refractivity contribution in [3.63, 3.8) is 0 Å². The van der Waals surface area contributed by atoms with Gasteiger partial charge in [0.25, 0.3) is 0 Å². The molecular weight excluding hydrogens is 266 g/mol. The number of imidazole rings is 1. The number of rotatable bonds is 4. The molecule has 0 saturated carbocycles. The van der Waals surface area contributed by atoms with Crippen LogP contribution < -0.4 is 5.32 Å². The lowest BCUT2D eigenvalue weighted by Crippen LogP contribution is -2.35. The summed E-state index contributed by atoms with van der Waals surface area (Å²) in [5.41, 5.74) is 2.36. The van der Waals surface area contributed by atoms with E-state index in [1.165, 1.54) is 35.7 Å². The number of para-hydroxylation sites is 2. The molecule has 2 aromatic rings. The average Bonchev–Trinajstić information content (AvgIpc) is 2.87. The number of nitrogens with zero attached hydrogens (tertiary/aromatic N) is 2. The largest absolute Gasteiger partial charge is 0.327 e. The quantitative estimate of drug-likeness (QED) is 0.932. The lowest BCUT2D eigenvalue weighted by atomic mass is 10.1. The highest BCUT2D eigenvalue weighted by atomic mass is 32.2. The van der Waals surface area contributed by atoms with Crippen LogP contribution in [-0.4, -0.2) is 27.1 Å². The molecule has 3 nitrogen and oxygen atoms in total. The molecule has 0 amide bonds. The number of nitrogens with one attached hydrogen (secondary N) is 1. The zero-order valence-electron chi connectivity index (χ0n) is 12.3. The van der Waals surface area contributed by atoms with Crippen molar-refractivity contribution in [2.45, 2.75) is 45.3 Å². The van der Waals surface area contributed by atoms with Crippen molar-refractivity contribution in [3.8, 4) is 0 Å². The first-order chi connectivity index (χ1) is 9.79. The molecule has 3 rings (SSSR count). The van der Waals surface area contributed by atoms with Crippen molar-refractivity contribution in [2.75, 3.05) is 11.5 Å². The Morgan fingerprint density at radius 2 is 2.10 bits per heavy atom. The maximum absolute atomic E-state index is 4.84. The van der Waals surface area contributed by atoms with Gasteiger partial charge >= 0.3 is 0 Å². The van der Waals surface area contributed by atoms with Crippen molar-refractivity contribution < 1.29 is 0 Å². The minimum atomic E-state index is 0.315. The summed E-state index contributed by atoms with van der Waals surface area (Å²) in [6.07, 6.45) is 2.56. The first-order valence-electron chi connectivity index (χ1n) is 7.58. The van der Waals surface area contributed by atoms with E-state index >= 15 is 0 Å². The van der Waals surface area contributed by atoms with Crippen molar-refractivity contribution in [1.82, 2.24) is 14.9 Å². The normalized spacial score (nSPS) is 18.5. The molecule has 1 N–H and O–H groups in total. The van der Waals surface area contributed by atoms with Gasteiger partial charge in [-0.2, -0.15) is 11.8 Å². The lowest BCUT2D eigenvalue weighted by molar-refractivity contribution is 0.412. The molecule has 108 valence electrons. The third-order valence-corrected chi connectivity index (χ3v) is 5.14. The third-order valence-electron chi connectivity index (χ3n) is 4.09. The van der Waals surface area contributed by atoms with E-state index in [1.54, 1.807) is 0 Å². The Bertz CT molecular complexity index is 572. The number of hydrogen-bond donors (Lipinski definition) is 1. The van der Waals surface area contributed by atoms with E-state index in [9.17, 15) is 0 Å². The Balaban J connectivity index is 1.84. The van der Waals surface area contributed by atoms with Gasteiger partial charge in [-0.25, -0.2) is 4.98 Å². The predicted octanol–water partition coefficient (Wildman–Crippen LogP) is 3.60. The van der Waals surface area contributed by atoms with Crippen LogP contribution in [0.3, 0.4) is 0 Å². The van der Waals surface area contributed by atoms with Gasteiger partial charge < -0.3 is 9.88 Å². The fourth-order valence-corrected chi connectivity index (χ4v) is 4.16. The van der Waals surface area contributed by atoms with Crippen LogP contribution in [0.1, 0.15) is 38.6 Å². The highest BCUT2D eigenvalue weighted by molar-refractivity contribution is 7.99. The zero-order chi connectivity index (χ0) is 13.9. The third kappa shape index (κ3) is 2.72. The molecule has 0 bridgehead atoms. The highest BCUT2D eigenvalue weighted by Gasteiger charge is 2.20. The molecule has 0 aliphatic carbocycles. The number of aryl methyl sites for hydroxylation is 1. The predicted molar refractivity (Wildman–Crippen MR) is 87.3 cm³/mol. The van der Waals surface area contributed by atoms with Crippen LogP contribution >= 0.6 is 11.8 Å². The topological polar surface area (TPSA) is 29.9 Å². The van der Waals surface area contributed by atoms with Gasteiger partial charge in [-0.3, -0.25) is 0 Å². The average molecular weight is 289 g/mol. The van der Waals surface area contributed by atoms with Crippen LogP contribution in [0.25, 0.3) is 11.0 Å². The van der Waals surface area contributed by atoms with Gasteiger partial charge in [0.1, 0.15) is 5.82 Å². The molecule has 4 heteroatoms. The Labute approximate surface area is 125 Å². The van der Waals surface area contributed by atoms with Crippen molar-refractivity contribution in [1.29, 1.82) is 0 Å². The maximum atomic E-state index is 4.84. The molecule has 0 radical (unpaired) electrons. The van der Waals surface area contributed by atoms with Gasteiger partial charge in [0, 0.05) is 12.6 Å². The van der Waals surface area contributed by atoms with E-state index in [1.807, 2.05) is 0 Å². The molecule has 1 saturated heterocycles. The van der Waals surface area contributed by atoms with Crippen LogP contribution in [0.4, 0.5) is 0 Å². The van der Waals surface area contributed by atoms with Crippen LogP contribution in [0, 0.1) is 0 Å². The van der Waals surface area contributed by atoms with Crippen LogP contribution in [0.2, 0.25) is 0 Å². The SMILES string of the molecule is CCn1c([C@@H](C)NC2CCSCC2)nc2ccccc21. The van der Waals surface area contributed by atoms with Gasteiger partial charge in [-0.1, -0.05) is 12.1 Å². The first kappa shape index (κ1) is 14.0. The number of thioether (sulfide) groups is 1. The molecule has 0 unspecified atom stereocenters. The second-order valence-corrected chi connectivity index (χ2v) is 6.70. The summed E-state index contributed by atoms with van der Waals surface area (Å²) in [6, 6.07) is 9.40. The van der Waals surface area contributed by atoms with E-state index in [2.05, 4.69) is 59.8 Å². The van der Waals surface area contributed by atoms with Gasteiger partial charge in [-0.15, -0.1) is 0 Å². The molecule has 1 aromatic heterocycles. The van der Waals surface area contributed by atoms with Gasteiger partial charge in [0.15, 0.2) is 0 Å². The molecule has 2 heterocycles. The van der Waals surface area contributed by atoms with Gasteiger partial charge in [0.2, 0.25) is 0 Å². The molecule has 20 heavy (non-hydrogen) atoms. The summed E-state index contributed by atoms with van der Waals surface area (Å²) in [5, 5.41) is 3.77. The highest BCUT2D eigenvalue weighted by Crippen LogP contribution is 2.23. The fourth-order valence-electron chi connectivity index (χ4n) is 3.05. The Morgan fingerprint density at radius 3 is 2.85 bits per heavy atom.